The Hall–Kier alpha value is -3.18. The number of amides is 2. The van der Waals surface area contributed by atoms with Gasteiger partial charge in [-0.25, -0.2) is 4.79 Å². The molecule has 134 valence electrons. The average Bonchev–Trinajstić information content (AvgIpc) is 3.26. The highest BCUT2D eigenvalue weighted by Gasteiger charge is 2.05. The van der Waals surface area contributed by atoms with Crippen LogP contribution in [0.4, 0.5) is 4.79 Å². The molecule has 0 aliphatic carbocycles. The number of hydrogen-bond donors (Lipinski definition) is 2. The summed E-state index contributed by atoms with van der Waals surface area (Å²) in [6, 6.07) is 20.1. The summed E-state index contributed by atoms with van der Waals surface area (Å²) in [5.41, 5.74) is 4.15. The first-order valence-corrected chi connectivity index (χ1v) is 9.70. The van der Waals surface area contributed by atoms with Gasteiger partial charge in [0.1, 0.15) is 0 Å². The van der Waals surface area contributed by atoms with Gasteiger partial charge in [0, 0.05) is 30.2 Å². The SMILES string of the molecule is O=C(NCc1ccnc(-c2ccsc2)c1)NCc1cccc2ccccc12. The van der Waals surface area contributed by atoms with Gasteiger partial charge in [0.15, 0.2) is 0 Å². The summed E-state index contributed by atoms with van der Waals surface area (Å²) in [6.07, 6.45) is 1.78. The molecule has 2 aromatic carbocycles. The van der Waals surface area contributed by atoms with Crippen LogP contribution in [0.15, 0.2) is 77.6 Å². The lowest BCUT2D eigenvalue weighted by Gasteiger charge is -2.10. The number of benzene rings is 2. The summed E-state index contributed by atoms with van der Waals surface area (Å²) >= 11 is 1.64. The smallest absolute Gasteiger partial charge is 0.315 e. The third-order valence-corrected chi connectivity index (χ3v) is 5.10. The number of pyridine rings is 1. The highest BCUT2D eigenvalue weighted by molar-refractivity contribution is 7.08. The molecule has 2 N–H and O–H groups in total. The molecule has 0 bridgehead atoms. The van der Waals surface area contributed by atoms with E-state index in [2.05, 4.69) is 39.2 Å². The molecule has 2 amide bonds. The Kier molecular flexibility index (Phi) is 5.12. The molecular formula is C22H19N3OS. The molecule has 4 aromatic rings. The van der Waals surface area contributed by atoms with E-state index in [-0.39, 0.29) is 6.03 Å². The maximum absolute atomic E-state index is 12.2. The third-order valence-electron chi connectivity index (χ3n) is 4.41. The van der Waals surface area contributed by atoms with Crippen LogP contribution in [0.25, 0.3) is 22.0 Å². The molecule has 0 saturated carbocycles. The maximum atomic E-state index is 12.2. The molecule has 0 saturated heterocycles. The number of hydrogen-bond acceptors (Lipinski definition) is 3. The fraction of sp³-hybridized carbons (Fsp3) is 0.0909. The van der Waals surface area contributed by atoms with Gasteiger partial charge >= 0.3 is 6.03 Å². The van der Waals surface area contributed by atoms with Crippen molar-refractivity contribution in [3.63, 3.8) is 0 Å². The van der Waals surface area contributed by atoms with Crippen LogP contribution in [0, 0.1) is 0 Å². The average molecular weight is 373 g/mol. The van der Waals surface area contributed by atoms with Gasteiger partial charge in [-0.3, -0.25) is 4.98 Å². The van der Waals surface area contributed by atoms with Gasteiger partial charge < -0.3 is 10.6 Å². The molecule has 27 heavy (non-hydrogen) atoms. The van der Waals surface area contributed by atoms with Gasteiger partial charge in [-0.05, 0) is 45.5 Å². The summed E-state index contributed by atoms with van der Waals surface area (Å²) in [6.45, 7) is 0.949. The first-order chi connectivity index (χ1) is 13.3. The van der Waals surface area contributed by atoms with Crippen LogP contribution in [0.3, 0.4) is 0 Å². The van der Waals surface area contributed by atoms with Crippen LogP contribution in [0.5, 0.6) is 0 Å². The first-order valence-electron chi connectivity index (χ1n) is 8.75. The van der Waals surface area contributed by atoms with E-state index in [1.54, 1.807) is 17.5 Å². The molecule has 0 atom stereocenters. The first kappa shape index (κ1) is 17.2. The lowest BCUT2D eigenvalue weighted by Crippen LogP contribution is -2.34. The quantitative estimate of drug-likeness (QED) is 0.519. The fourth-order valence-corrected chi connectivity index (χ4v) is 3.67. The lowest BCUT2D eigenvalue weighted by atomic mass is 10.0. The number of aromatic nitrogens is 1. The number of fused-ring (bicyclic) bond motifs is 1. The molecule has 4 rings (SSSR count). The second-order valence-electron chi connectivity index (χ2n) is 6.24. The Bertz CT molecular complexity index is 1050. The van der Waals surface area contributed by atoms with Crippen LogP contribution in [-0.2, 0) is 13.1 Å². The minimum atomic E-state index is -0.183. The molecular weight excluding hydrogens is 354 g/mol. The summed E-state index contributed by atoms with van der Waals surface area (Å²) in [5, 5.41) is 12.3. The number of carbonyl (C=O) groups excluding carboxylic acids is 1. The second kappa shape index (κ2) is 8.01. The van der Waals surface area contributed by atoms with E-state index in [1.807, 2.05) is 47.8 Å². The molecule has 4 nitrogen and oxygen atoms in total. The van der Waals surface area contributed by atoms with Gasteiger partial charge in [0.25, 0.3) is 0 Å². The summed E-state index contributed by atoms with van der Waals surface area (Å²) in [4.78, 5) is 16.6. The van der Waals surface area contributed by atoms with Gasteiger partial charge in [-0.1, -0.05) is 42.5 Å². The number of rotatable bonds is 5. The van der Waals surface area contributed by atoms with E-state index in [0.717, 1.165) is 27.8 Å². The minimum absolute atomic E-state index is 0.183. The van der Waals surface area contributed by atoms with Crippen LogP contribution in [-0.4, -0.2) is 11.0 Å². The number of carbonyl (C=O) groups is 1. The van der Waals surface area contributed by atoms with E-state index < -0.39 is 0 Å². The van der Waals surface area contributed by atoms with Crippen molar-refractivity contribution in [2.45, 2.75) is 13.1 Å². The number of urea groups is 1. The predicted molar refractivity (Wildman–Crippen MR) is 111 cm³/mol. The number of thiophene rings is 1. The Morgan fingerprint density at radius 3 is 2.70 bits per heavy atom. The molecule has 0 aliphatic rings. The second-order valence-corrected chi connectivity index (χ2v) is 7.02. The van der Waals surface area contributed by atoms with Crippen molar-refractivity contribution in [2.24, 2.45) is 0 Å². The van der Waals surface area contributed by atoms with E-state index in [0.29, 0.717) is 13.1 Å². The van der Waals surface area contributed by atoms with E-state index >= 15 is 0 Å². The molecule has 2 aromatic heterocycles. The largest absolute Gasteiger partial charge is 0.334 e. The molecule has 0 unspecified atom stereocenters. The van der Waals surface area contributed by atoms with Crippen LogP contribution in [0.1, 0.15) is 11.1 Å². The Labute approximate surface area is 161 Å². The normalized spacial score (nSPS) is 10.7. The van der Waals surface area contributed by atoms with Crippen molar-refractivity contribution in [1.29, 1.82) is 0 Å². The molecule has 5 heteroatoms. The zero-order valence-electron chi connectivity index (χ0n) is 14.7. The molecule has 2 heterocycles. The predicted octanol–water partition coefficient (Wildman–Crippen LogP) is 4.96. The highest BCUT2D eigenvalue weighted by Crippen LogP contribution is 2.20. The van der Waals surface area contributed by atoms with Gasteiger partial charge in [-0.15, -0.1) is 0 Å². The third kappa shape index (κ3) is 4.15. The summed E-state index contributed by atoms with van der Waals surface area (Å²) in [5.74, 6) is 0. The number of nitrogens with one attached hydrogen (secondary N) is 2. The Morgan fingerprint density at radius 2 is 1.81 bits per heavy atom. The van der Waals surface area contributed by atoms with Crippen LogP contribution in [0.2, 0.25) is 0 Å². The zero-order chi connectivity index (χ0) is 18.5. The molecule has 0 aliphatic heterocycles. The van der Waals surface area contributed by atoms with Crippen LogP contribution < -0.4 is 10.6 Å². The van der Waals surface area contributed by atoms with E-state index in [1.165, 1.54) is 5.39 Å². The molecule has 0 fully saturated rings. The Morgan fingerprint density at radius 1 is 0.963 bits per heavy atom. The lowest BCUT2D eigenvalue weighted by molar-refractivity contribution is 0.240. The summed E-state index contributed by atoms with van der Waals surface area (Å²) in [7, 11) is 0. The minimum Gasteiger partial charge on any atom is -0.334 e. The van der Waals surface area contributed by atoms with Crippen molar-refractivity contribution in [3.05, 3.63) is 88.7 Å². The van der Waals surface area contributed by atoms with Crippen molar-refractivity contribution in [2.75, 3.05) is 0 Å². The maximum Gasteiger partial charge on any atom is 0.315 e. The zero-order valence-corrected chi connectivity index (χ0v) is 15.5. The Balaban J connectivity index is 1.35. The number of nitrogens with zero attached hydrogens (tertiary/aromatic N) is 1. The molecule has 0 spiro atoms. The van der Waals surface area contributed by atoms with Crippen molar-refractivity contribution in [1.82, 2.24) is 15.6 Å². The van der Waals surface area contributed by atoms with Crippen molar-refractivity contribution < 1.29 is 4.79 Å². The van der Waals surface area contributed by atoms with Crippen LogP contribution >= 0.6 is 11.3 Å². The summed E-state index contributed by atoms with van der Waals surface area (Å²) < 4.78 is 0. The van der Waals surface area contributed by atoms with Crippen molar-refractivity contribution in [3.8, 4) is 11.3 Å². The molecule has 0 radical (unpaired) electrons. The topological polar surface area (TPSA) is 54.0 Å². The fourth-order valence-electron chi connectivity index (χ4n) is 3.02. The highest BCUT2D eigenvalue weighted by atomic mass is 32.1. The van der Waals surface area contributed by atoms with Gasteiger partial charge in [0.2, 0.25) is 0 Å². The standard InChI is InChI=1S/C22H19N3OS/c26-22(25-14-18-6-3-5-17-4-1-2-7-20(17)18)24-13-16-8-10-23-21(12-16)19-9-11-27-15-19/h1-12,15H,13-14H2,(H2,24,25,26). The van der Waals surface area contributed by atoms with E-state index in [4.69, 9.17) is 0 Å². The van der Waals surface area contributed by atoms with E-state index in [9.17, 15) is 4.79 Å². The monoisotopic (exact) mass is 373 g/mol. The van der Waals surface area contributed by atoms with Gasteiger partial charge in [-0.2, -0.15) is 11.3 Å². The van der Waals surface area contributed by atoms with Gasteiger partial charge in [0.05, 0.1) is 5.69 Å². The van der Waals surface area contributed by atoms with Crippen molar-refractivity contribution >= 4 is 28.1 Å².